The lowest BCUT2D eigenvalue weighted by Gasteiger charge is -2.11. The number of carbonyl (C=O) groups excluding carboxylic acids is 1. The van der Waals surface area contributed by atoms with Crippen molar-refractivity contribution in [3.63, 3.8) is 0 Å². The van der Waals surface area contributed by atoms with Gasteiger partial charge in [-0.05, 0) is 24.8 Å². The van der Waals surface area contributed by atoms with E-state index in [0.717, 1.165) is 5.56 Å². The monoisotopic (exact) mass is 251 g/mol. The van der Waals surface area contributed by atoms with Crippen LogP contribution in [0.2, 0.25) is 0 Å². The molecule has 0 aliphatic heterocycles. The number of pyridine rings is 1. The van der Waals surface area contributed by atoms with Gasteiger partial charge < -0.3 is 14.2 Å². The first kappa shape index (κ1) is 12.8. The van der Waals surface area contributed by atoms with Gasteiger partial charge in [-0.2, -0.15) is 0 Å². The van der Waals surface area contributed by atoms with Crippen molar-refractivity contribution in [2.45, 2.75) is 25.4 Å². The molecule has 18 heavy (non-hydrogen) atoms. The largest absolute Gasteiger partial charge is 0.475 e. The van der Waals surface area contributed by atoms with Gasteiger partial charge in [0.1, 0.15) is 13.2 Å². The molecule has 0 radical (unpaired) electrons. The fourth-order valence-electron chi connectivity index (χ4n) is 1.73. The van der Waals surface area contributed by atoms with E-state index in [-0.39, 0.29) is 6.61 Å². The lowest BCUT2D eigenvalue weighted by molar-refractivity contribution is -0.129. The SMILES string of the molecule is COCCOc1nc(COC=O)ccc1C1CC1. The molecule has 98 valence electrons. The maximum absolute atomic E-state index is 10.2. The molecule has 1 aliphatic rings. The van der Waals surface area contributed by atoms with E-state index in [1.54, 1.807) is 7.11 Å². The maximum atomic E-state index is 10.2. The van der Waals surface area contributed by atoms with Gasteiger partial charge in [0, 0.05) is 12.7 Å². The summed E-state index contributed by atoms with van der Waals surface area (Å²) >= 11 is 0. The van der Waals surface area contributed by atoms with Crippen molar-refractivity contribution in [2.24, 2.45) is 0 Å². The van der Waals surface area contributed by atoms with Gasteiger partial charge in [0.25, 0.3) is 6.47 Å². The summed E-state index contributed by atoms with van der Waals surface area (Å²) in [7, 11) is 1.63. The molecule has 0 atom stereocenters. The van der Waals surface area contributed by atoms with Crippen LogP contribution in [0.1, 0.15) is 30.0 Å². The Bertz CT molecular complexity index is 404. The first-order valence-electron chi connectivity index (χ1n) is 6.02. The van der Waals surface area contributed by atoms with Crippen molar-refractivity contribution in [2.75, 3.05) is 20.3 Å². The molecule has 1 heterocycles. The van der Waals surface area contributed by atoms with Crippen LogP contribution < -0.4 is 4.74 Å². The molecule has 0 N–H and O–H groups in total. The third-order valence-electron chi connectivity index (χ3n) is 2.79. The fraction of sp³-hybridized carbons (Fsp3) is 0.538. The summed E-state index contributed by atoms with van der Waals surface area (Å²) in [5.41, 5.74) is 1.83. The zero-order valence-corrected chi connectivity index (χ0v) is 10.4. The second-order valence-corrected chi connectivity index (χ2v) is 4.22. The van der Waals surface area contributed by atoms with Gasteiger partial charge in [0.15, 0.2) is 0 Å². The second kappa shape index (κ2) is 6.35. The van der Waals surface area contributed by atoms with E-state index in [2.05, 4.69) is 4.98 Å². The van der Waals surface area contributed by atoms with E-state index < -0.39 is 0 Å². The van der Waals surface area contributed by atoms with E-state index in [9.17, 15) is 4.79 Å². The van der Waals surface area contributed by atoms with Crippen LogP contribution in [0.25, 0.3) is 0 Å². The normalized spacial score (nSPS) is 14.3. The second-order valence-electron chi connectivity index (χ2n) is 4.22. The Morgan fingerprint density at radius 2 is 2.22 bits per heavy atom. The Morgan fingerprint density at radius 3 is 2.89 bits per heavy atom. The maximum Gasteiger partial charge on any atom is 0.293 e. The third kappa shape index (κ3) is 3.43. The van der Waals surface area contributed by atoms with E-state index >= 15 is 0 Å². The quantitative estimate of drug-likeness (QED) is 0.519. The Morgan fingerprint density at radius 1 is 1.39 bits per heavy atom. The van der Waals surface area contributed by atoms with E-state index in [4.69, 9.17) is 14.2 Å². The van der Waals surface area contributed by atoms with Crippen molar-refractivity contribution in [3.8, 4) is 5.88 Å². The molecule has 0 amide bonds. The van der Waals surface area contributed by atoms with E-state index in [1.807, 2.05) is 12.1 Å². The van der Waals surface area contributed by atoms with Crippen molar-refractivity contribution < 1.29 is 19.0 Å². The highest BCUT2D eigenvalue weighted by Gasteiger charge is 2.27. The van der Waals surface area contributed by atoms with E-state index in [1.165, 1.54) is 12.8 Å². The minimum absolute atomic E-state index is 0.176. The summed E-state index contributed by atoms with van der Waals surface area (Å²) < 4.78 is 15.3. The minimum atomic E-state index is 0.176. The van der Waals surface area contributed by atoms with Crippen LogP contribution in [-0.4, -0.2) is 31.8 Å². The van der Waals surface area contributed by atoms with Crippen molar-refractivity contribution in [1.29, 1.82) is 0 Å². The lowest BCUT2D eigenvalue weighted by atomic mass is 10.1. The van der Waals surface area contributed by atoms with Gasteiger partial charge in [0.05, 0.1) is 12.3 Å². The lowest BCUT2D eigenvalue weighted by Crippen LogP contribution is -2.08. The predicted molar refractivity (Wildman–Crippen MR) is 64.4 cm³/mol. The third-order valence-corrected chi connectivity index (χ3v) is 2.79. The molecule has 0 unspecified atom stereocenters. The average Bonchev–Trinajstić information content (AvgIpc) is 3.21. The Labute approximate surface area is 106 Å². The first-order valence-corrected chi connectivity index (χ1v) is 6.02. The molecule has 0 spiro atoms. The summed E-state index contributed by atoms with van der Waals surface area (Å²) in [6.07, 6.45) is 2.37. The van der Waals surface area contributed by atoms with Crippen LogP contribution in [-0.2, 0) is 20.9 Å². The zero-order valence-electron chi connectivity index (χ0n) is 10.4. The number of hydrogen-bond acceptors (Lipinski definition) is 5. The summed E-state index contributed by atoms with van der Waals surface area (Å²) in [6, 6.07) is 3.89. The van der Waals surface area contributed by atoms with Gasteiger partial charge in [-0.3, -0.25) is 4.79 Å². The summed E-state index contributed by atoms with van der Waals surface area (Å²) in [5, 5.41) is 0. The molecule has 1 aromatic rings. The first-order chi connectivity index (χ1) is 8.85. The Hall–Kier alpha value is -1.62. The van der Waals surface area contributed by atoms with Crippen LogP contribution in [0.15, 0.2) is 12.1 Å². The molecule has 1 aliphatic carbocycles. The van der Waals surface area contributed by atoms with Gasteiger partial charge in [-0.1, -0.05) is 6.07 Å². The highest BCUT2D eigenvalue weighted by molar-refractivity contribution is 5.38. The minimum Gasteiger partial charge on any atom is -0.475 e. The van der Waals surface area contributed by atoms with E-state index in [0.29, 0.717) is 37.2 Å². The number of rotatable bonds is 8. The van der Waals surface area contributed by atoms with Crippen LogP contribution in [0.5, 0.6) is 5.88 Å². The van der Waals surface area contributed by atoms with Gasteiger partial charge in [0.2, 0.25) is 5.88 Å². The number of aromatic nitrogens is 1. The van der Waals surface area contributed by atoms with Gasteiger partial charge in [-0.25, -0.2) is 4.98 Å². The smallest absolute Gasteiger partial charge is 0.293 e. The molecule has 0 bridgehead atoms. The number of nitrogens with zero attached hydrogens (tertiary/aromatic N) is 1. The molecule has 1 fully saturated rings. The van der Waals surface area contributed by atoms with Crippen LogP contribution >= 0.6 is 0 Å². The molecular formula is C13H17NO4. The molecule has 0 saturated heterocycles. The summed E-state index contributed by atoms with van der Waals surface area (Å²) in [5.74, 6) is 1.21. The van der Waals surface area contributed by atoms with Gasteiger partial charge in [-0.15, -0.1) is 0 Å². The molecule has 1 saturated carbocycles. The Kier molecular flexibility index (Phi) is 4.52. The van der Waals surface area contributed by atoms with Crippen molar-refractivity contribution in [1.82, 2.24) is 4.98 Å². The molecule has 2 rings (SSSR count). The fourth-order valence-corrected chi connectivity index (χ4v) is 1.73. The van der Waals surface area contributed by atoms with Crippen molar-refractivity contribution in [3.05, 3.63) is 23.4 Å². The van der Waals surface area contributed by atoms with Crippen LogP contribution in [0.4, 0.5) is 0 Å². The topological polar surface area (TPSA) is 57.6 Å². The molecule has 0 aromatic carbocycles. The highest BCUT2D eigenvalue weighted by Crippen LogP contribution is 2.43. The number of ether oxygens (including phenoxy) is 3. The van der Waals surface area contributed by atoms with Crippen LogP contribution in [0, 0.1) is 0 Å². The summed E-state index contributed by atoms with van der Waals surface area (Å²) in [4.78, 5) is 14.5. The predicted octanol–water partition coefficient (Wildman–Crippen LogP) is 1.66. The molecule has 5 nitrogen and oxygen atoms in total. The number of hydrogen-bond donors (Lipinski definition) is 0. The van der Waals surface area contributed by atoms with Crippen LogP contribution in [0.3, 0.4) is 0 Å². The molecule has 5 heteroatoms. The van der Waals surface area contributed by atoms with Gasteiger partial charge >= 0.3 is 0 Å². The van der Waals surface area contributed by atoms with Crippen molar-refractivity contribution >= 4 is 6.47 Å². The standard InChI is InChI=1S/C13H17NO4/c1-16-6-7-18-13-12(10-2-3-10)5-4-11(14-13)8-17-9-15/h4-5,9-10H,2-3,6-8H2,1H3. The molecular weight excluding hydrogens is 234 g/mol. The number of carbonyl (C=O) groups is 1. The highest BCUT2D eigenvalue weighted by atomic mass is 16.5. The summed E-state index contributed by atoms with van der Waals surface area (Å²) in [6.45, 7) is 1.60. The number of methoxy groups -OCH3 is 1. The average molecular weight is 251 g/mol. The Balaban J connectivity index is 2.07. The zero-order chi connectivity index (χ0) is 12.8. The molecule has 1 aromatic heterocycles.